The molecule has 0 saturated heterocycles. The molecular weight excluding hydrogens is 373 g/mol. The third kappa shape index (κ3) is 1.88. The maximum atomic E-state index is 11.3. The van der Waals surface area contributed by atoms with Crippen molar-refractivity contribution in [1.29, 1.82) is 0 Å². The minimum atomic E-state index is -2.79. The Morgan fingerprint density at radius 2 is 1.28 bits per heavy atom. The van der Waals surface area contributed by atoms with Gasteiger partial charge in [0, 0.05) is 0 Å². The molecule has 1 aliphatic rings. The molecule has 1 saturated carbocycles. The Morgan fingerprint density at radius 3 is 1.61 bits per heavy atom. The van der Waals surface area contributed by atoms with E-state index in [9.17, 15) is 14.7 Å². The van der Waals surface area contributed by atoms with Gasteiger partial charge in [0.25, 0.3) is 0 Å². The van der Waals surface area contributed by atoms with E-state index in [4.69, 9.17) is 74.7 Å². The fourth-order valence-electron chi connectivity index (χ4n) is 1.72. The van der Waals surface area contributed by atoms with E-state index in [-0.39, 0.29) is 6.42 Å². The number of hydrogen-bond donors (Lipinski definition) is 2. The van der Waals surface area contributed by atoms with Gasteiger partial charge in [0.1, 0.15) is 0 Å². The molecule has 2 atom stereocenters. The summed E-state index contributed by atoms with van der Waals surface area (Å²) in [5.74, 6) is -3.49. The van der Waals surface area contributed by atoms with Gasteiger partial charge in [0.05, 0.1) is 0 Å². The van der Waals surface area contributed by atoms with E-state index in [0.29, 0.717) is 0 Å². The molecule has 104 valence electrons. The number of halogens is 6. The molecule has 2 unspecified atom stereocenters. The largest absolute Gasteiger partial charge is 0.480 e. The topological polar surface area (TPSA) is 74.6 Å². The lowest BCUT2D eigenvalue weighted by Crippen LogP contribution is -2.72. The highest BCUT2D eigenvalue weighted by Gasteiger charge is 2.78. The van der Waals surface area contributed by atoms with Gasteiger partial charge in [-0.1, -0.05) is 46.4 Å². The molecule has 0 amide bonds. The first-order valence-corrected chi connectivity index (χ1v) is 6.71. The number of rotatable bonds is 2. The van der Waals surface area contributed by atoms with E-state index in [1.807, 2.05) is 0 Å². The molecule has 1 aliphatic carbocycles. The molecule has 0 aromatic carbocycles. The Morgan fingerprint density at radius 1 is 0.833 bits per heavy atom. The van der Waals surface area contributed by atoms with Crippen LogP contribution in [0.2, 0.25) is 0 Å². The summed E-state index contributed by atoms with van der Waals surface area (Å²) >= 11 is 35.0. The number of carbonyl (C=O) groups is 2. The summed E-state index contributed by atoms with van der Waals surface area (Å²) in [6.45, 7) is 0. The third-order valence-corrected chi connectivity index (χ3v) is 7.09. The third-order valence-electron chi connectivity index (χ3n) is 2.86. The van der Waals surface area contributed by atoms with Crippen LogP contribution in [-0.2, 0) is 9.59 Å². The molecule has 1 fully saturated rings. The molecule has 0 aromatic rings. The van der Waals surface area contributed by atoms with Gasteiger partial charge < -0.3 is 10.2 Å². The Balaban J connectivity index is 3.56. The van der Waals surface area contributed by atoms with Gasteiger partial charge in [0.15, 0.2) is 13.5 Å². The normalized spacial score (nSPS) is 38.1. The average molecular weight is 379 g/mol. The summed E-state index contributed by atoms with van der Waals surface area (Å²) in [7, 11) is 0. The fraction of sp³-hybridized carbons (Fsp3) is 0.750. The van der Waals surface area contributed by atoms with Crippen LogP contribution >= 0.6 is 69.6 Å². The maximum absolute atomic E-state index is 11.3. The SMILES string of the molecule is O=C(O)C1(Cl)CCC(Cl)(Cl)C(Cl)(Cl)C1(Cl)C(=O)O. The van der Waals surface area contributed by atoms with Crippen molar-refractivity contribution < 1.29 is 19.8 Å². The quantitative estimate of drug-likeness (QED) is 0.723. The lowest BCUT2D eigenvalue weighted by molar-refractivity contribution is -0.152. The highest BCUT2D eigenvalue weighted by Crippen LogP contribution is 2.64. The Bertz CT molecular complexity index is 410. The van der Waals surface area contributed by atoms with E-state index in [0.717, 1.165) is 0 Å². The summed E-state index contributed by atoms with van der Waals surface area (Å²) in [5.41, 5.74) is 0. The van der Waals surface area contributed by atoms with Gasteiger partial charge in [-0.2, -0.15) is 0 Å². The molecule has 2 N–H and O–H groups in total. The monoisotopic (exact) mass is 376 g/mol. The first-order chi connectivity index (χ1) is 7.84. The molecule has 0 bridgehead atoms. The zero-order valence-corrected chi connectivity index (χ0v) is 12.9. The highest BCUT2D eigenvalue weighted by molar-refractivity contribution is 6.69. The van der Waals surface area contributed by atoms with Crippen LogP contribution in [0.15, 0.2) is 0 Å². The lowest BCUT2D eigenvalue weighted by atomic mass is 9.76. The van der Waals surface area contributed by atoms with Gasteiger partial charge in [-0.3, -0.25) is 9.59 Å². The zero-order valence-electron chi connectivity index (χ0n) is 8.39. The van der Waals surface area contributed by atoms with Crippen molar-refractivity contribution >= 4 is 81.5 Å². The van der Waals surface area contributed by atoms with Crippen LogP contribution in [0.3, 0.4) is 0 Å². The van der Waals surface area contributed by atoms with Gasteiger partial charge in [-0.15, -0.1) is 23.2 Å². The van der Waals surface area contributed by atoms with Crippen molar-refractivity contribution in [2.75, 3.05) is 0 Å². The van der Waals surface area contributed by atoms with E-state index >= 15 is 0 Å². The van der Waals surface area contributed by atoms with Crippen LogP contribution in [0.25, 0.3) is 0 Å². The van der Waals surface area contributed by atoms with Crippen molar-refractivity contribution in [2.45, 2.75) is 31.3 Å². The zero-order chi connectivity index (χ0) is 14.6. The second kappa shape index (κ2) is 4.61. The van der Waals surface area contributed by atoms with Crippen molar-refractivity contribution in [3.05, 3.63) is 0 Å². The summed E-state index contributed by atoms with van der Waals surface area (Å²) in [6.07, 6.45) is -0.644. The molecule has 0 aromatic heterocycles. The molecule has 0 spiro atoms. The molecule has 4 nitrogen and oxygen atoms in total. The number of aliphatic carboxylic acids is 2. The van der Waals surface area contributed by atoms with Gasteiger partial charge in [-0.25, -0.2) is 0 Å². The predicted molar refractivity (Wildman–Crippen MR) is 70.5 cm³/mol. The van der Waals surface area contributed by atoms with Crippen molar-refractivity contribution in [2.24, 2.45) is 0 Å². The Kier molecular flexibility index (Phi) is 4.28. The maximum Gasteiger partial charge on any atom is 0.330 e. The first-order valence-electron chi connectivity index (χ1n) is 4.45. The summed E-state index contributed by atoms with van der Waals surface area (Å²) < 4.78 is -4.46. The van der Waals surface area contributed by atoms with Crippen molar-refractivity contribution in [3.8, 4) is 0 Å². The van der Waals surface area contributed by atoms with Gasteiger partial charge in [0.2, 0.25) is 4.87 Å². The molecule has 1 rings (SSSR count). The average Bonchev–Trinajstić information content (AvgIpc) is 2.21. The first kappa shape index (κ1) is 16.7. The summed E-state index contributed by atoms with van der Waals surface area (Å²) in [6, 6.07) is 0. The van der Waals surface area contributed by atoms with Gasteiger partial charge in [-0.05, 0) is 12.8 Å². The number of hydrogen-bond acceptors (Lipinski definition) is 2. The second-order valence-electron chi connectivity index (χ2n) is 3.85. The van der Waals surface area contributed by atoms with Crippen LogP contribution in [0, 0.1) is 0 Å². The van der Waals surface area contributed by atoms with Crippen LogP contribution in [0.4, 0.5) is 0 Å². The van der Waals surface area contributed by atoms with E-state index in [1.54, 1.807) is 0 Å². The van der Waals surface area contributed by atoms with Crippen LogP contribution < -0.4 is 0 Å². The second-order valence-corrected chi connectivity index (χ2v) is 7.87. The molecular formula is C8H6Cl6O4. The molecule has 0 radical (unpaired) electrons. The standard InChI is InChI=1S/C8H6Cl6O4/c9-5(3(15)16)1-2-6(10,11)8(13,14)7(5,12)4(17)18/h1-2H2,(H,15,16)(H,17,18). The number of carboxylic acid groups (broad SMARTS) is 2. The van der Waals surface area contributed by atoms with E-state index in [2.05, 4.69) is 0 Å². The lowest BCUT2D eigenvalue weighted by Gasteiger charge is -2.52. The smallest absolute Gasteiger partial charge is 0.330 e. The summed E-state index contributed by atoms with van der Waals surface area (Å²) in [5, 5.41) is 18.3. The van der Waals surface area contributed by atoms with Crippen LogP contribution in [0.5, 0.6) is 0 Å². The molecule has 0 aliphatic heterocycles. The predicted octanol–water partition coefficient (Wildman–Crippen LogP) is 3.25. The van der Waals surface area contributed by atoms with Crippen molar-refractivity contribution in [1.82, 2.24) is 0 Å². The highest BCUT2D eigenvalue weighted by atomic mass is 35.5. The molecule has 18 heavy (non-hydrogen) atoms. The molecule has 0 heterocycles. The van der Waals surface area contributed by atoms with E-state index in [1.165, 1.54) is 0 Å². The van der Waals surface area contributed by atoms with Crippen LogP contribution in [-0.4, -0.2) is 40.6 Å². The minimum Gasteiger partial charge on any atom is -0.480 e. The number of alkyl halides is 6. The van der Waals surface area contributed by atoms with Crippen LogP contribution in [0.1, 0.15) is 12.8 Å². The van der Waals surface area contributed by atoms with E-state index < -0.39 is 36.8 Å². The van der Waals surface area contributed by atoms with Crippen molar-refractivity contribution in [3.63, 3.8) is 0 Å². The van der Waals surface area contributed by atoms with Gasteiger partial charge >= 0.3 is 11.9 Å². The molecule has 10 heteroatoms. The summed E-state index contributed by atoms with van der Waals surface area (Å²) in [4.78, 5) is 17.3. The Labute approximate surface area is 132 Å². The minimum absolute atomic E-state index is 0.235. The Hall–Kier alpha value is 0.680. The number of carboxylic acids is 2. The fourth-order valence-corrected chi connectivity index (χ4v) is 3.71.